The zero-order valence-electron chi connectivity index (χ0n) is 22.0. The molecule has 0 spiro atoms. The first-order valence-electron chi connectivity index (χ1n) is 12.3. The van der Waals surface area contributed by atoms with Gasteiger partial charge in [-0.15, -0.1) is 5.10 Å². The Balaban J connectivity index is 1.68. The normalized spacial score (nSPS) is 11.1. The van der Waals surface area contributed by atoms with Gasteiger partial charge in [-0.1, -0.05) is 49.0 Å². The number of hydrogen-bond donors (Lipinski definition) is 2. The fourth-order valence-corrected chi connectivity index (χ4v) is 3.84. The molecule has 4 rings (SSSR count). The second-order valence-corrected chi connectivity index (χ2v) is 9.87. The summed E-state index contributed by atoms with van der Waals surface area (Å²) in [4.78, 5) is 29.2. The van der Waals surface area contributed by atoms with Gasteiger partial charge >= 0.3 is 6.09 Å². The van der Waals surface area contributed by atoms with Crippen molar-refractivity contribution in [3.8, 4) is 11.3 Å². The smallest absolute Gasteiger partial charge is 0.435 e. The lowest BCUT2D eigenvalue weighted by Crippen LogP contribution is -2.28. The molecule has 4 aromatic rings. The molecular formula is C30H31N5O3. The Kier molecular flexibility index (Phi) is 7.71. The molecule has 0 radical (unpaired) electrons. The summed E-state index contributed by atoms with van der Waals surface area (Å²) < 4.78 is 6.69. The number of carbonyl (C=O) groups is 2. The van der Waals surface area contributed by atoms with E-state index in [2.05, 4.69) is 34.4 Å². The highest BCUT2D eigenvalue weighted by Gasteiger charge is 2.20. The number of nitrogens with zero attached hydrogens (tertiary/aromatic N) is 3. The van der Waals surface area contributed by atoms with Crippen LogP contribution in [-0.2, 0) is 16.0 Å². The zero-order chi connectivity index (χ0) is 27.3. The second kappa shape index (κ2) is 11.1. The van der Waals surface area contributed by atoms with Gasteiger partial charge in [0.15, 0.2) is 5.82 Å². The SMILES string of the molecule is C=CC(=O)Nc1cccc(-c2cc(Cc3ccccc3)cc(Nc3cc(C)n(C(=O)OC(C)(C)C)n3)n2)c1. The molecule has 2 N–H and O–H groups in total. The Bertz CT molecular complexity index is 1470. The van der Waals surface area contributed by atoms with E-state index in [0.29, 0.717) is 29.4 Å². The average molecular weight is 510 g/mol. The van der Waals surface area contributed by atoms with Gasteiger partial charge in [0.2, 0.25) is 5.91 Å². The van der Waals surface area contributed by atoms with Crippen LogP contribution in [-0.4, -0.2) is 32.4 Å². The van der Waals surface area contributed by atoms with Gasteiger partial charge in [-0.05, 0) is 75.6 Å². The number of ether oxygens (including phenoxy) is 1. The van der Waals surface area contributed by atoms with E-state index in [-0.39, 0.29) is 5.91 Å². The Morgan fingerprint density at radius 1 is 0.974 bits per heavy atom. The van der Waals surface area contributed by atoms with Crippen LogP contribution < -0.4 is 10.6 Å². The molecule has 0 unspecified atom stereocenters. The summed E-state index contributed by atoms with van der Waals surface area (Å²) in [6.07, 6.45) is 1.38. The van der Waals surface area contributed by atoms with Crippen molar-refractivity contribution in [3.63, 3.8) is 0 Å². The minimum Gasteiger partial charge on any atom is -0.442 e. The second-order valence-electron chi connectivity index (χ2n) is 9.87. The van der Waals surface area contributed by atoms with Crippen LogP contribution in [0.4, 0.5) is 22.1 Å². The predicted molar refractivity (Wildman–Crippen MR) is 150 cm³/mol. The molecule has 0 aliphatic carbocycles. The molecule has 1 amide bonds. The molecule has 0 saturated carbocycles. The number of amides is 1. The molecule has 0 saturated heterocycles. The number of nitrogens with one attached hydrogen (secondary N) is 2. The first kappa shape index (κ1) is 26.3. The number of rotatable bonds is 7. The van der Waals surface area contributed by atoms with Crippen molar-refractivity contribution in [2.45, 2.75) is 39.7 Å². The maximum atomic E-state index is 12.6. The Hall–Kier alpha value is -4.72. The molecule has 2 aromatic heterocycles. The van der Waals surface area contributed by atoms with E-state index in [9.17, 15) is 9.59 Å². The van der Waals surface area contributed by atoms with E-state index in [0.717, 1.165) is 22.4 Å². The van der Waals surface area contributed by atoms with Gasteiger partial charge in [0.1, 0.15) is 11.4 Å². The van der Waals surface area contributed by atoms with Crippen LogP contribution in [0.1, 0.15) is 37.6 Å². The summed E-state index contributed by atoms with van der Waals surface area (Å²) in [5, 5.41) is 10.4. The summed E-state index contributed by atoms with van der Waals surface area (Å²) in [5.74, 6) is 0.754. The fraction of sp³-hybridized carbons (Fsp3) is 0.200. The quantitative estimate of drug-likeness (QED) is 0.276. The van der Waals surface area contributed by atoms with Crippen LogP contribution in [0.5, 0.6) is 0 Å². The number of aromatic nitrogens is 3. The first-order chi connectivity index (χ1) is 18.1. The van der Waals surface area contributed by atoms with E-state index in [1.165, 1.54) is 10.8 Å². The van der Waals surface area contributed by atoms with Crippen molar-refractivity contribution >= 4 is 29.3 Å². The molecule has 0 bridgehead atoms. The van der Waals surface area contributed by atoms with Gasteiger partial charge < -0.3 is 15.4 Å². The largest absolute Gasteiger partial charge is 0.442 e. The third-order valence-electron chi connectivity index (χ3n) is 5.46. The Labute approximate surface area is 222 Å². The number of hydrogen-bond acceptors (Lipinski definition) is 6. The minimum absolute atomic E-state index is 0.286. The maximum Gasteiger partial charge on any atom is 0.435 e. The van der Waals surface area contributed by atoms with Gasteiger partial charge in [0, 0.05) is 23.0 Å². The summed E-state index contributed by atoms with van der Waals surface area (Å²) in [6.45, 7) is 10.7. The standard InChI is InChI=1S/C30H31N5O3/c1-6-28(36)31-24-14-10-13-23(19-24)25-17-22(16-21-11-8-7-9-12-21)18-26(32-25)33-27-15-20(2)35(34-27)29(37)38-30(3,4)5/h6-15,17-19H,1,16H2,2-5H3,(H,31,36)(H,32,33,34). The number of anilines is 3. The number of benzene rings is 2. The topological polar surface area (TPSA) is 98.1 Å². The molecule has 2 aromatic carbocycles. The predicted octanol–water partition coefficient (Wildman–Crippen LogP) is 6.50. The number of aryl methyl sites for hydroxylation is 1. The third-order valence-corrected chi connectivity index (χ3v) is 5.46. The van der Waals surface area contributed by atoms with Crippen LogP contribution in [0, 0.1) is 6.92 Å². The van der Waals surface area contributed by atoms with Gasteiger partial charge in [-0.25, -0.2) is 9.78 Å². The van der Waals surface area contributed by atoms with E-state index >= 15 is 0 Å². The number of pyridine rings is 1. The summed E-state index contributed by atoms with van der Waals surface area (Å²) in [6, 6.07) is 23.4. The highest BCUT2D eigenvalue weighted by atomic mass is 16.6. The lowest BCUT2D eigenvalue weighted by Gasteiger charge is -2.19. The van der Waals surface area contributed by atoms with Crippen LogP contribution in [0.25, 0.3) is 11.3 Å². The average Bonchev–Trinajstić information content (AvgIpc) is 3.23. The molecule has 2 heterocycles. The van der Waals surface area contributed by atoms with E-state index in [4.69, 9.17) is 9.72 Å². The first-order valence-corrected chi connectivity index (χ1v) is 12.3. The molecule has 194 valence electrons. The summed E-state index contributed by atoms with van der Waals surface area (Å²) >= 11 is 0. The van der Waals surface area contributed by atoms with Crippen molar-refractivity contribution in [3.05, 3.63) is 102 Å². The van der Waals surface area contributed by atoms with Crippen LogP contribution in [0.15, 0.2) is 85.5 Å². The van der Waals surface area contributed by atoms with E-state index in [1.807, 2.05) is 75.4 Å². The molecule has 0 atom stereocenters. The van der Waals surface area contributed by atoms with Crippen molar-refractivity contribution in [2.24, 2.45) is 0 Å². The highest BCUT2D eigenvalue weighted by molar-refractivity contribution is 5.99. The van der Waals surface area contributed by atoms with Crippen molar-refractivity contribution in [1.29, 1.82) is 0 Å². The zero-order valence-corrected chi connectivity index (χ0v) is 22.0. The third kappa shape index (κ3) is 6.94. The van der Waals surface area contributed by atoms with Gasteiger partial charge in [0.25, 0.3) is 0 Å². The van der Waals surface area contributed by atoms with Crippen molar-refractivity contribution in [2.75, 3.05) is 10.6 Å². The maximum absolute atomic E-state index is 12.6. The van der Waals surface area contributed by atoms with Gasteiger partial charge in [-0.3, -0.25) is 4.79 Å². The summed E-state index contributed by atoms with van der Waals surface area (Å²) in [5.41, 5.74) is 4.39. The van der Waals surface area contributed by atoms with Crippen LogP contribution in [0.3, 0.4) is 0 Å². The molecule has 8 nitrogen and oxygen atoms in total. The van der Waals surface area contributed by atoms with Crippen LogP contribution in [0.2, 0.25) is 0 Å². The number of carbonyl (C=O) groups excluding carboxylic acids is 2. The molecule has 38 heavy (non-hydrogen) atoms. The highest BCUT2D eigenvalue weighted by Crippen LogP contribution is 2.27. The van der Waals surface area contributed by atoms with E-state index < -0.39 is 11.7 Å². The summed E-state index contributed by atoms with van der Waals surface area (Å²) in [7, 11) is 0. The van der Waals surface area contributed by atoms with Crippen LogP contribution >= 0.6 is 0 Å². The molecule has 0 fully saturated rings. The molecule has 0 aliphatic rings. The molecular weight excluding hydrogens is 478 g/mol. The monoisotopic (exact) mass is 509 g/mol. The van der Waals surface area contributed by atoms with Gasteiger partial charge in [0.05, 0.1) is 5.69 Å². The van der Waals surface area contributed by atoms with Crippen molar-refractivity contribution in [1.82, 2.24) is 14.8 Å². The lowest BCUT2D eigenvalue weighted by molar-refractivity contribution is -0.111. The lowest BCUT2D eigenvalue weighted by atomic mass is 10.0. The fourth-order valence-electron chi connectivity index (χ4n) is 3.84. The van der Waals surface area contributed by atoms with Crippen molar-refractivity contribution < 1.29 is 14.3 Å². The van der Waals surface area contributed by atoms with Gasteiger partial charge in [-0.2, -0.15) is 4.68 Å². The van der Waals surface area contributed by atoms with E-state index in [1.54, 1.807) is 13.0 Å². The Morgan fingerprint density at radius 2 is 1.74 bits per heavy atom. The molecule has 0 aliphatic heterocycles. The minimum atomic E-state index is -0.634. The molecule has 8 heteroatoms. The Morgan fingerprint density at radius 3 is 2.45 bits per heavy atom.